The lowest BCUT2D eigenvalue weighted by atomic mass is 10.1. The van der Waals surface area contributed by atoms with E-state index in [1.807, 2.05) is 36.5 Å². The number of para-hydroxylation sites is 1. The zero-order chi connectivity index (χ0) is 16.1. The molecular weight excluding hydrogens is 293 g/mol. The highest BCUT2D eigenvalue weighted by Gasteiger charge is 2.11. The minimum absolute atomic E-state index is 0.00476. The predicted molar refractivity (Wildman–Crippen MR) is 88.5 cm³/mol. The van der Waals surface area contributed by atoms with E-state index in [0.717, 1.165) is 22.5 Å². The number of benzene rings is 2. The van der Waals surface area contributed by atoms with Crippen LogP contribution in [0.2, 0.25) is 0 Å². The first-order valence-electron chi connectivity index (χ1n) is 7.29. The first-order chi connectivity index (χ1) is 11.3. The molecule has 0 fully saturated rings. The molecule has 0 saturated carbocycles. The summed E-state index contributed by atoms with van der Waals surface area (Å²) in [7, 11) is 0. The van der Waals surface area contributed by atoms with Gasteiger partial charge < -0.3 is 5.11 Å². The molecule has 1 aromatic heterocycles. The summed E-state index contributed by atoms with van der Waals surface area (Å²) >= 11 is 0. The molecule has 1 N–H and O–H groups in total. The summed E-state index contributed by atoms with van der Waals surface area (Å²) in [4.78, 5) is 4.17. The Balaban J connectivity index is 2.05. The highest BCUT2D eigenvalue weighted by Crippen LogP contribution is 2.23. The van der Waals surface area contributed by atoms with Crippen molar-refractivity contribution in [2.24, 2.45) is 4.99 Å². The van der Waals surface area contributed by atoms with Gasteiger partial charge in [-0.1, -0.05) is 18.2 Å². The van der Waals surface area contributed by atoms with Crippen molar-refractivity contribution < 1.29 is 9.50 Å². The molecule has 0 aliphatic carbocycles. The van der Waals surface area contributed by atoms with Crippen LogP contribution in [-0.4, -0.2) is 34.3 Å². The fourth-order valence-electron chi connectivity index (χ4n) is 2.25. The molecule has 0 unspecified atom stereocenters. The second-order valence-electron chi connectivity index (χ2n) is 4.98. The lowest BCUT2D eigenvalue weighted by Gasteiger charge is -2.00. The maximum absolute atomic E-state index is 13.1. The van der Waals surface area contributed by atoms with Crippen LogP contribution in [0.1, 0.15) is 5.56 Å². The van der Waals surface area contributed by atoms with Gasteiger partial charge >= 0.3 is 0 Å². The van der Waals surface area contributed by atoms with E-state index < -0.39 is 0 Å². The van der Waals surface area contributed by atoms with Crippen LogP contribution in [0.25, 0.3) is 16.9 Å². The van der Waals surface area contributed by atoms with E-state index in [2.05, 4.69) is 10.1 Å². The molecule has 0 atom stereocenters. The summed E-state index contributed by atoms with van der Waals surface area (Å²) in [6.45, 7) is 0.328. The molecule has 0 amide bonds. The van der Waals surface area contributed by atoms with Crippen LogP contribution in [0.3, 0.4) is 0 Å². The summed E-state index contributed by atoms with van der Waals surface area (Å²) in [6, 6.07) is 15.9. The molecule has 0 aliphatic heterocycles. The van der Waals surface area contributed by atoms with Crippen molar-refractivity contribution in [3.8, 4) is 16.9 Å². The third kappa shape index (κ3) is 3.52. The van der Waals surface area contributed by atoms with Gasteiger partial charge in [0.1, 0.15) is 11.5 Å². The maximum atomic E-state index is 13.1. The zero-order valence-corrected chi connectivity index (χ0v) is 12.4. The van der Waals surface area contributed by atoms with Crippen molar-refractivity contribution in [1.29, 1.82) is 0 Å². The molecule has 0 saturated heterocycles. The quantitative estimate of drug-likeness (QED) is 0.736. The van der Waals surface area contributed by atoms with Crippen LogP contribution in [0.5, 0.6) is 0 Å². The third-order valence-corrected chi connectivity index (χ3v) is 3.34. The van der Waals surface area contributed by atoms with E-state index in [0.29, 0.717) is 6.54 Å². The fraction of sp³-hybridized carbons (Fsp3) is 0.111. The molecule has 1 heterocycles. The number of nitrogens with zero attached hydrogens (tertiary/aromatic N) is 3. The van der Waals surface area contributed by atoms with E-state index in [4.69, 9.17) is 5.11 Å². The van der Waals surface area contributed by atoms with E-state index in [1.165, 1.54) is 12.1 Å². The number of aliphatic imine (C=N–C) groups is 1. The molecule has 23 heavy (non-hydrogen) atoms. The molecule has 0 bridgehead atoms. The predicted octanol–water partition coefficient (Wildman–Crippen LogP) is 3.09. The highest BCUT2D eigenvalue weighted by atomic mass is 19.1. The van der Waals surface area contributed by atoms with E-state index in [-0.39, 0.29) is 12.4 Å². The molecule has 3 aromatic rings. The highest BCUT2D eigenvalue weighted by molar-refractivity contribution is 5.88. The van der Waals surface area contributed by atoms with E-state index >= 15 is 0 Å². The lowest BCUT2D eigenvalue weighted by molar-refractivity contribution is 0.307. The number of hydrogen-bond acceptors (Lipinski definition) is 3. The number of aliphatic hydroxyl groups excluding tert-OH is 1. The van der Waals surface area contributed by atoms with Crippen LogP contribution in [0, 0.1) is 5.82 Å². The Bertz CT molecular complexity index is 795. The minimum Gasteiger partial charge on any atom is -0.394 e. The van der Waals surface area contributed by atoms with Gasteiger partial charge in [0, 0.05) is 23.5 Å². The summed E-state index contributed by atoms with van der Waals surface area (Å²) in [5.74, 6) is -0.285. The Labute approximate surface area is 133 Å². The standard InChI is InChI=1S/C18H16FN3O/c19-16-8-6-14(7-9-16)18-15(12-20-10-11-23)13-22(21-18)17-4-2-1-3-5-17/h1-9,12-13,23H,10-11H2. The zero-order valence-electron chi connectivity index (χ0n) is 12.4. The summed E-state index contributed by atoms with van der Waals surface area (Å²) in [6.07, 6.45) is 3.55. The Kier molecular flexibility index (Phi) is 4.59. The van der Waals surface area contributed by atoms with Crippen molar-refractivity contribution in [2.45, 2.75) is 0 Å². The number of aromatic nitrogens is 2. The average Bonchev–Trinajstić information content (AvgIpc) is 3.01. The number of rotatable bonds is 5. The molecular formula is C18H16FN3O. The van der Waals surface area contributed by atoms with Crippen LogP contribution in [0.15, 0.2) is 65.8 Å². The van der Waals surface area contributed by atoms with Gasteiger partial charge in [-0.3, -0.25) is 4.99 Å². The molecule has 3 rings (SSSR count). The first-order valence-corrected chi connectivity index (χ1v) is 7.29. The Morgan fingerprint density at radius 3 is 2.52 bits per heavy atom. The largest absolute Gasteiger partial charge is 0.394 e. The summed E-state index contributed by atoms with van der Waals surface area (Å²) in [5, 5.41) is 13.5. The molecule has 0 radical (unpaired) electrons. The van der Waals surface area contributed by atoms with Gasteiger partial charge in [-0.05, 0) is 36.4 Å². The van der Waals surface area contributed by atoms with Gasteiger partial charge in [0.15, 0.2) is 0 Å². The van der Waals surface area contributed by atoms with Crippen molar-refractivity contribution in [3.63, 3.8) is 0 Å². The number of aliphatic hydroxyl groups is 1. The van der Waals surface area contributed by atoms with Gasteiger partial charge in [-0.2, -0.15) is 5.10 Å². The lowest BCUT2D eigenvalue weighted by Crippen LogP contribution is -1.94. The van der Waals surface area contributed by atoms with E-state index in [9.17, 15) is 4.39 Å². The Morgan fingerprint density at radius 1 is 1.09 bits per heavy atom. The fourth-order valence-corrected chi connectivity index (χ4v) is 2.25. The van der Waals surface area contributed by atoms with Crippen LogP contribution < -0.4 is 0 Å². The molecule has 2 aromatic carbocycles. The van der Waals surface area contributed by atoms with Crippen LogP contribution in [0.4, 0.5) is 4.39 Å². The molecule has 0 aliphatic rings. The van der Waals surface area contributed by atoms with Crippen molar-refractivity contribution >= 4 is 6.21 Å². The molecule has 4 nitrogen and oxygen atoms in total. The molecule has 0 spiro atoms. The summed E-state index contributed by atoms with van der Waals surface area (Å²) < 4.78 is 14.9. The van der Waals surface area contributed by atoms with E-state index in [1.54, 1.807) is 23.0 Å². The van der Waals surface area contributed by atoms with Crippen molar-refractivity contribution in [1.82, 2.24) is 9.78 Å². The topological polar surface area (TPSA) is 50.4 Å². The number of halogens is 1. The Hall–Kier alpha value is -2.79. The monoisotopic (exact) mass is 309 g/mol. The smallest absolute Gasteiger partial charge is 0.123 e. The molecule has 5 heteroatoms. The van der Waals surface area contributed by atoms with Gasteiger partial charge in [0.25, 0.3) is 0 Å². The normalized spacial score (nSPS) is 11.2. The first kappa shape index (κ1) is 15.1. The van der Waals surface area contributed by atoms with Gasteiger partial charge in [-0.15, -0.1) is 0 Å². The maximum Gasteiger partial charge on any atom is 0.123 e. The van der Waals surface area contributed by atoms with Crippen LogP contribution >= 0.6 is 0 Å². The second-order valence-corrected chi connectivity index (χ2v) is 4.98. The summed E-state index contributed by atoms with van der Waals surface area (Å²) in [5.41, 5.74) is 3.27. The third-order valence-electron chi connectivity index (χ3n) is 3.34. The SMILES string of the molecule is OCCN=Cc1cn(-c2ccccc2)nc1-c1ccc(F)cc1. The second kappa shape index (κ2) is 6.98. The Morgan fingerprint density at radius 2 is 1.83 bits per heavy atom. The van der Waals surface area contributed by atoms with Gasteiger partial charge in [-0.25, -0.2) is 9.07 Å². The average molecular weight is 309 g/mol. The van der Waals surface area contributed by atoms with Crippen LogP contribution in [-0.2, 0) is 0 Å². The van der Waals surface area contributed by atoms with Gasteiger partial charge in [0.05, 0.1) is 18.8 Å². The van der Waals surface area contributed by atoms with Gasteiger partial charge in [0.2, 0.25) is 0 Å². The van der Waals surface area contributed by atoms with Crippen molar-refractivity contribution in [2.75, 3.05) is 13.2 Å². The number of hydrogen-bond donors (Lipinski definition) is 1. The molecule has 116 valence electrons. The van der Waals surface area contributed by atoms with Crippen molar-refractivity contribution in [3.05, 3.63) is 72.2 Å². The minimum atomic E-state index is -0.285.